The van der Waals surface area contributed by atoms with Crippen LogP contribution in [0.4, 0.5) is 22.0 Å². The highest BCUT2D eigenvalue weighted by atomic mass is 19.4. The quantitative estimate of drug-likeness (QED) is 0.697. The summed E-state index contributed by atoms with van der Waals surface area (Å²) in [4.78, 5) is 11.4. The van der Waals surface area contributed by atoms with Gasteiger partial charge in [-0.15, -0.1) is 0 Å². The Kier molecular flexibility index (Phi) is 6.24. The van der Waals surface area contributed by atoms with Crippen LogP contribution in [0, 0.1) is 11.6 Å². The van der Waals surface area contributed by atoms with Crippen molar-refractivity contribution in [1.29, 1.82) is 0 Å². The molecule has 0 bridgehead atoms. The first kappa shape index (κ1) is 18.3. The van der Waals surface area contributed by atoms with E-state index in [2.05, 4.69) is 5.32 Å². The fourth-order valence-electron chi connectivity index (χ4n) is 1.69. The van der Waals surface area contributed by atoms with Crippen molar-refractivity contribution in [1.82, 2.24) is 10.6 Å². The molecule has 0 saturated carbocycles. The SMILES string of the molecule is CC(NC(=O)CNCC(F)(F)F)C(O)c1ccc(F)c(F)c1. The van der Waals surface area contributed by atoms with Gasteiger partial charge < -0.3 is 15.7 Å². The van der Waals surface area contributed by atoms with Gasteiger partial charge in [-0.25, -0.2) is 8.78 Å². The molecule has 0 aliphatic carbocycles. The van der Waals surface area contributed by atoms with Crippen molar-refractivity contribution in [2.75, 3.05) is 13.1 Å². The minimum atomic E-state index is -4.43. The number of rotatable bonds is 6. The van der Waals surface area contributed by atoms with Crippen LogP contribution in [0.2, 0.25) is 0 Å². The van der Waals surface area contributed by atoms with E-state index in [0.29, 0.717) is 0 Å². The highest BCUT2D eigenvalue weighted by molar-refractivity contribution is 5.78. The Hall–Kier alpha value is -1.74. The molecule has 2 atom stereocenters. The number of halogens is 5. The zero-order valence-corrected chi connectivity index (χ0v) is 11.5. The Morgan fingerprint density at radius 3 is 2.45 bits per heavy atom. The Morgan fingerprint density at radius 2 is 1.91 bits per heavy atom. The molecule has 1 amide bonds. The average Bonchev–Trinajstić information content (AvgIpc) is 2.39. The predicted octanol–water partition coefficient (Wildman–Crippen LogP) is 1.65. The van der Waals surface area contributed by atoms with E-state index in [1.807, 2.05) is 5.32 Å². The number of benzene rings is 1. The third kappa shape index (κ3) is 5.94. The van der Waals surface area contributed by atoms with E-state index in [9.17, 15) is 31.9 Å². The highest BCUT2D eigenvalue weighted by Crippen LogP contribution is 2.19. The summed E-state index contributed by atoms with van der Waals surface area (Å²) in [6, 6.07) is 1.86. The van der Waals surface area contributed by atoms with Gasteiger partial charge in [-0.3, -0.25) is 4.79 Å². The summed E-state index contributed by atoms with van der Waals surface area (Å²) >= 11 is 0. The largest absolute Gasteiger partial charge is 0.401 e. The van der Waals surface area contributed by atoms with Crippen LogP contribution in [-0.2, 0) is 4.79 Å². The summed E-state index contributed by atoms with van der Waals surface area (Å²) in [5.41, 5.74) is 0.0370. The lowest BCUT2D eigenvalue weighted by Gasteiger charge is -2.21. The first-order valence-corrected chi connectivity index (χ1v) is 6.30. The van der Waals surface area contributed by atoms with E-state index >= 15 is 0 Å². The monoisotopic (exact) mass is 326 g/mol. The van der Waals surface area contributed by atoms with E-state index in [1.165, 1.54) is 6.92 Å². The number of aliphatic hydroxyl groups excluding tert-OH is 1. The van der Waals surface area contributed by atoms with Gasteiger partial charge in [-0.05, 0) is 24.6 Å². The minimum Gasteiger partial charge on any atom is -0.386 e. The second-order valence-electron chi connectivity index (χ2n) is 4.69. The third-order valence-corrected chi connectivity index (χ3v) is 2.76. The molecule has 0 aliphatic heterocycles. The molecule has 22 heavy (non-hydrogen) atoms. The number of carbonyl (C=O) groups excluding carboxylic acids is 1. The number of alkyl halides is 3. The van der Waals surface area contributed by atoms with Crippen LogP contribution in [0.5, 0.6) is 0 Å². The van der Waals surface area contributed by atoms with Crippen molar-refractivity contribution in [3.63, 3.8) is 0 Å². The lowest BCUT2D eigenvalue weighted by molar-refractivity contribution is -0.129. The van der Waals surface area contributed by atoms with Gasteiger partial charge in [0.15, 0.2) is 11.6 Å². The molecule has 0 radical (unpaired) electrons. The zero-order valence-electron chi connectivity index (χ0n) is 11.5. The van der Waals surface area contributed by atoms with Crippen molar-refractivity contribution in [2.24, 2.45) is 0 Å². The molecule has 4 nitrogen and oxygen atoms in total. The lowest BCUT2D eigenvalue weighted by atomic mass is 10.0. The Balaban J connectivity index is 2.51. The molecule has 0 fully saturated rings. The molecule has 0 spiro atoms. The molecule has 0 aromatic heterocycles. The van der Waals surface area contributed by atoms with Gasteiger partial charge in [0.1, 0.15) is 0 Å². The molecule has 1 aromatic carbocycles. The van der Waals surface area contributed by atoms with Crippen molar-refractivity contribution in [3.8, 4) is 0 Å². The number of hydrogen-bond acceptors (Lipinski definition) is 3. The van der Waals surface area contributed by atoms with E-state index in [-0.39, 0.29) is 5.56 Å². The van der Waals surface area contributed by atoms with Crippen LogP contribution in [-0.4, -0.2) is 36.3 Å². The van der Waals surface area contributed by atoms with E-state index in [1.54, 1.807) is 0 Å². The topological polar surface area (TPSA) is 61.4 Å². The fourth-order valence-corrected chi connectivity index (χ4v) is 1.69. The fraction of sp³-hybridized carbons (Fsp3) is 0.462. The molecule has 1 aromatic rings. The van der Waals surface area contributed by atoms with Crippen molar-refractivity contribution in [2.45, 2.75) is 25.2 Å². The molecule has 0 saturated heterocycles. The smallest absolute Gasteiger partial charge is 0.386 e. The normalized spacial score (nSPS) is 14.5. The van der Waals surface area contributed by atoms with Crippen molar-refractivity contribution < 1.29 is 31.9 Å². The van der Waals surface area contributed by atoms with Crippen molar-refractivity contribution in [3.05, 3.63) is 35.4 Å². The zero-order chi connectivity index (χ0) is 16.9. The van der Waals surface area contributed by atoms with E-state index < -0.39 is 49.0 Å². The maximum absolute atomic E-state index is 13.1. The summed E-state index contributed by atoms with van der Waals surface area (Å²) in [6.07, 6.45) is -5.77. The second-order valence-corrected chi connectivity index (χ2v) is 4.69. The maximum Gasteiger partial charge on any atom is 0.401 e. The number of amides is 1. The average molecular weight is 326 g/mol. The van der Waals surface area contributed by atoms with Gasteiger partial charge in [0.25, 0.3) is 0 Å². The van der Waals surface area contributed by atoms with Gasteiger partial charge in [-0.1, -0.05) is 6.07 Å². The summed E-state index contributed by atoms with van der Waals surface area (Å²) in [6.45, 7) is -0.525. The van der Waals surface area contributed by atoms with E-state index in [0.717, 1.165) is 18.2 Å². The summed E-state index contributed by atoms with van der Waals surface area (Å²) in [7, 11) is 0. The predicted molar refractivity (Wildman–Crippen MR) is 67.8 cm³/mol. The number of hydrogen-bond donors (Lipinski definition) is 3. The Bertz CT molecular complexity index is 522. The van der Waals surface area contributed by atoms with E-state index in [4.69, 9.17) is 0 Å². The van der Waals surface area contributed by atoms with Gasteiger partial charge in [0.2, 0.25) is 5.91 Å². The molecular weight excluding hydrogens is 311 g/mol. The first-order valence-electron chi connectivity index (χ1n) is 6.30. The second kappa shape index (κ2) is 7.50. The summed E-state index contributed by atoms with van der Waals surface area (Å²) in [5.74, 6) is -3.00. The number of nitrogens with one attached hydrogen (secondary N) is 2. The lowest BCUT2D eigenvalue weighted by Crippen LogP contribution is -2.43. The molecule has 3 N–H and O–H groups in total. The standard InChI is InChI=1S/C13H15F5N2O2/c1-7(20-11(21)5-19-6-13(16,17)18)12(22)8-2-3-9(14)10(15)4-8/h2-4,7,12,19,22H,5-6H2,1H3,(H,20,21). The van der Waals surface area contributed by atoms with Gasteiger partial charge in [0.05, 0.1) is 25.2 Å². The van der Waals surface area contributed by atoms with Crippen LogP contribution in [0.1, 0.15) is 18.6 Å². The molecule has 0 aliphatic rings. The van der Waals surface area contributed by atoms with Crippen LogP contribution in [0.15, 0.2) is 18.2 Å². The molecular formula is C13H15F5N2O2. The molecule has 2 unspecified atom stereocenters. The summed E-state index contributed by atoms with van der Waals surface area (Å²) < 4.78 is 61.5. The number of carbonyl (C=O) groups is 1. The molecule has 124 valence electrons. The van der Waals surface area contributed by atoms with Crippen LogP contribution in [0.25, 0.3) is 0 Å². The van der Waals surface area contributed by atoms with Crippen LogP contribution < -0.4 is 10.6 Å². The molecule has 1 rings (SSSR count). The molecule has 9 heteroatoms. The first-order chi connectivity index (χ1) is 10.1. The summed E-state index contributed by atoms with van der Waals surface area (Å²) in [5, 5.41) is 14.1. The van der Waals surface area contributed by atoms with Crippen LogP contribution >= 0.6 is 0 Å². The Labute approximate surface area is 123 Å². The van der Waals surface area contributed by atoms with Gasteiger partial charge >= 0.3 is 6.18 Å². The minimum absolute atomic E-state index is 0.0370. The van der Waals surface area contributed by atoms with Gasteiger partial charge in [-0.2, -0.15) is 13.2 Å². The van der Waals surface area contributed by atoms with Crippen LogP contribution in [0.3, 0.4) is 0 Å². The third-order valence-electron chi connectivity index (χ3n) is 2.76. The number of aliphatic hydroxyl groups is 1. The molecule has 0 heterocycles. The maximum atomic E-state index is 13.1. The Morgan fingerprint density at radius 1 is 1.27 bits per heavy atom. The van der Waals surface area contributed by atoms with Crippen molar-refractivity contribution >= 4 is 5.91 Å². The van der Waals surface area contributed by atoms with Gasteiger partial charge in [0, 0.05) is 0 Å². The highest BCUT2D eigenvalue weighted by Gasteiger charge is 2.27.